The zero-order valence-electron chi connectivity index (χ0n) is 11.6. The number of unbranched alkanes of at least 4 members (excludes halogenated alkanes) is 1. The van der Waals surface area contributed by atoms with Crippen LogP contribution in [0.3, 0.4) is 0 Å². The standard InChI is InChI=1S/C14H21N3O2S/c1-11(15)19-14(18)13(16)9-5-6-10-17-20-12-7-3-2-4-8-12/h2-4,7-8,13,15,17H,5-6,9-10,16H2,1H3/t13-/m0/s1. The number of hydrogen-bond acceptors (Lipinski definition) is 6. The van der Waals surface area contributed by atoms with Gasteiger partial charge in [-0.25, -0.2) is 4.79 Å². The van der Waals surface area contributed by atoms with E-state index in [-0.39, 0.29) is 5.90 Å². The molecule has 1 aromatic rings. The first kappa shape index (κ1) is 16.7. The van der Waals surface area contributed by atoms with Crippen LogP contribution in [-0.2, 0) is 9.53 Å². The first-order chi connectivity index (χ1) is 9.59. The lowest BCUT2D eigenvalue weighted by Gasteiger charge is -2.10. The predicted octanol–water partition coefficient (Wildman–Crippen LogP) is 2.32. The summed E-state index contributed by atoms with van der Waals surface area (Å²) in [6, 6.07) is 9.43. The van der Waals surface area contributed by atoms with Crippen molar-refractivity contribution in [3.63, 3.8) is 0 Å². The third kappa shape index (κ3) is 7.28. The number of carbonyl (C=O) groups excluding carboxylic acids is 1. The second kappa shape index (κ2) is 9.52. The van der Waals surface area contributed by atoms with E-state index in [0.29, 0.717) is 6.42 Å². The number of nitrogens with two attached hydrogens (primary N) is 1. The molecule has 6 heteroatoms. The van der Waals surface area contributed by atoms with Crippen molar-refractivity contribution < 1.29 is 9.53 Å². The summed E-state index contributed by atoms with van der Waals surface area (Å²) in [6.07, 6.45) is 2.35. The molecule has 0 aliphatic rings. The average molecular weight is 295 g/mol. The zero-order valence-corrected chi connectivity index (χ0v) is 12.4. The first-order valence-electron chi connectivity index (χ1n) is 6.57. The van der Waals surface area contributed by atoms with Crippen molar-refractivity contribution in [2.45, 2.75) is 37.1 Å². The fourth-order valence-electron chi connectivity index (χ4n) is 1.53. The monoisotopic (exact) mass is 295 g/mol. The summed E-state index contributed by atoms with van der Waals surface area (Å²) in [6.45, 7) is 2.26. The van der Waals surface area contributed by atoms with Gasteiger partial charge in [0.25, 0.3) is 0 Å². The molecule has 4 N–H and O–H groups in total. The van der Waals surface area contributed by atoms with Crippen LogP contribution < -0.4 is 10.5 Å². The molecule has 0 bridgehead atoms. The van der Waals surface area contributed by atoms with Gasteiger partial charge in [0.05, 0.1) is 0 Å². The number of nitrogens with one attached hydrogen (secondary N) is 2. The average Bonchev–Trinajstić information content (AvgIpc) is 2.42. The number of carbonyl (C=O) groups is 1. The molecule has 0 fully saturated rings. The van der Waals surface area contributed by atoms with Gasteiger partial charge in [0.1, 0.15) is 6.04 Å². The van der Waals surface area contributed by atoms with Crippen LogP contribution in [0.15, 0.2) is 35.2 Å². The van der Waals surface area contributed by atoms with Gasteiger partial charge in [0, 0.05) is 18.4 Å². The number of ether oxygens (including phenoxy) is 1. The molecule has 0 unspecified atom stereocenters. The molecule has 0 radical (unpaired) electrons. The van der Waals surface area contributed by atoms with Crippen LogP contribution in [0.2, 0.25) is 0 Å². The van der Waals surface area contributed by atoms with Crippen LogP contribution in [0.1, 0.15) is 26.2 Å². The summed E-state index contributed by atoms with van der Waals surface area (Å²) in [4.78, 5) is 12.5. The Morgan fingerprint density at radius 2 is 2.10 bits per heavy atom. The quantitative estimate of drug-likeness (QED) is 0.225. The minimum absolute atomic E-state index is 0.119. The molecule has 0 saturated carbocycles. The molecule has 0 amide bonds. The molecule has 0 aliphatic carbocycles. The summed E-state index contributed by atoms with van der Waals surface area (Å²) in [5.74, 6) is -0.643. The molecule has 1 rings (SSSR count). The molecule has 0 heterocycles. The maximum absolute atomic E-state index is 11.4. The lowest BCUT2D eigenvalue weighted by atomic mass is 10.1. The third-order valence-corrected chi connectivity index (χ3v) is 3.39. The maximum Gasteiger partial charge on any atom is 0.329 e. The minimum atomic E-state index is -0.642. The lowest BCUT2D eigenvalue weighted by Crippen LogP contribution is -2.33. The molecular formula is C14H21N3O2S. The second-order valence-corrected chi connectivity index (χ2v) is 5.35. The van der Waals surface area contributed by atoms with Crippen molar-refractivity contribution in [3.05, 3.63) is 30.3 Å². The van der Waals surface area contributed by atoms with Crippen molar-refractivity contribution in [2.24, 2.45) is 5.73 Å². The van der Waals surface area contributed by atoms with Gasteiger partial charge in [0.2, 0.25) is 0 Å². The first-order valence-corrected chi connectivity index (χ1v) is 7.38. The Balaban J connectivity index is 2.04. The smallest absolute Gasteiger partial charge is 0.329 e. The molecule has 5 nitrogen and oxygen atoms in total. The summed E-state index contributed by atoms with van der Waals surface area (Å²) < 4.78 is 7.91. The van der Waals surface area contributed by atoms with Crippen molar-refractivity contribution in [2.75, 3.05) is 6.54 Å². The van der Waals surface area contributed by atoms with Crippen LogP contribution in [0, 0.1) is 5.41 Å². The van der Waals surface area contributed by atoms with Gasteiger partial charge in [-0.2, -0.15) is 0 Å². The van der Waals surface area contributed by atoms with Crippen molar-refractivity contribution in [1.29, 1.82) is 5.41 Å². The Hall–Kier alpha value is -1.37. The topological polar surface area (TPSA) is 88.2 Å². The van der Waals surface area contributed by atoms with Gasteiger partial charge in [0.15, 0.2) is 5.90 Å². The highest BCUT2D eigenvalue weighted by Gasteiger charge is 2.15. The predicted molar refractivity (Wildman–Crippen MR) is 81.6 cm³/mol. The van der Waals surface area contributed by atoms with E-state index in [1.54, 1.807) is 11.9 Å². The highest BCUT2D eigenvalue weighted by Crippen LogP contribution is 2.13. The molecule has 0 spiro atoms. The Kier molecular flexibility index (Phi) is 7.94. The van der Waals surface area contributed by atoms with E-state index in [2.05, 4.69) is 9.46 Å². The molecule has 1 aromatic carbocycles. The van der Waals surface area contributed by atoms with E-state index in [1.807, 2.05) is 30.3 Å². The largest absolute Gasteiger partial charge is 0.411 e. The Morgan fingerprint density at radius 1 is 1.40 bits per heavy atom. The van der Waals surface area contributed by atoms with E-state index in [1.165, 1.54) is 11.8 Å². The van der Waals surface area contributed by atoms with Crippen LogP contribution in [-0.4, -0.2) is 24.5 Å². The number of hydrogen-bond donors (Lipinski definition) is 3. The van der Waals surface area contributed by atoms with Crippen LogP contribution in [0.4, 0.5) is 0 Å². The van der Waals surface area contributed by atoms with Gasteiger partial charge in [-0.1, -0.05) is 24.6 Å². The molecule has 1 atom stereocenters. The number of rotatable bonds is 8. The fraction of sp³-hybridized carbons (Fsp3) is 0.429. The van der Waals surface area contributed by atoms with Crippen LogP contribution in [0.25, 0.3) is 0 Å². The van der Waals surface area contributed by atoms with Gasteiger partial charge >= 0.3 is 5.97 Å². The Bertz CT molecular complexity index is 426. The van der Waals surface area contributed by atoms with E-state index in [4.69, 9.17) is 11.1 Å². The Labute approximate surface area is 123 Å². The highest BCUT2D eigenvalue weighted by molar-refractivity contribution is 7.97. The van der Waals surface area contributed by atoms with Crippen LogP contribution in [0.5, 0.6) is 0 Å². The molecule has 0 aliphatic heterocycles. The highest BCUT2D eigenvalue weighted by atomic mass is 32.2. The van der Waals surface area contributed by atoms with Crippen molar-refractivity contribution >= 4 is 23.8 Å². The molecule has 110 valence electrons. The summed E-state index contributed by atoms with van der Waals surface area (Å²) in [7, 11) is 0. The maximum atomic E-state index is 11.4. The molecule has 0 aromatic heterocycles. The normalized spacial score (nSPS) is 11.9. The zero-order chi connectivity index (χ0) is 14.8. The minimum Gasteiger partial charge on any atom is -0.411 e. The van der Waals surface area contributed by atoms with Gasteiger partial charge in [-0.15, -0.1) is 0 Å². The van der Waals surface area contributed by atoms with Crippen molar-refractivity contribution in [1.82, 2.24) is 4.72 Å². The molecule has 20 heavy (non-hydrogen) atoms. The van der Waals surface area contributed by atoms with Gasteiger partial charge < -0.3 is 10.5 Å². The number of benzene rings is 1. The summed E-state index contributed by atoms with van der Waals surface area (Å²) >= 11 is 1.59. The Morgan fingerprint density at radius 3 is 2.75 bits per heavy atom. The lowest BCUT2D eigenvalue weighted by molar-refractivity contribution is -0.137. The fourth-order valence-corrected chi connectivity index (χ4v) is 2.24. The van der Waals surface area contributed by atoms with Gasteiger partial charge in [-0.3, -0.25) is 10.1 Å². The van der Waals surface area contributed by atoms with Crippen LogP contribution >= 0.6 is 11.9 Å². The van der Waals surface area contributed by atoms with E-state index in [9.17, 15) is 4.79 Å². The summed E-state index contributed by atoms with van der Waals surface area (Å²) in [5, 5.41) is 7.06. The van der Waals surface area contributed by atoms with Gasteiger partial charge in [-0.05, 0) is 36.9 Å². The second-order valence-electron chi connectivity index (χ2n) is 4.39. The summed E-state index contributed by atoms with van der Waals surface area (Å²) in [5.41, 5.74) is 5.67. The third-order valence-electron chi connectivity index (χ3n) is 2.53. The van der Waals surface area contributed by atoms with Crippen molar-refractivity contribution in [3.8, 4) is 0 Å². The van der Waals surface area contributed by atoms with E-state index < -0.39 is 12.0 Å². The van der Waals surface area contributed by atoms with E-state index in [0.717, 1.165) is 19.4 Å². The number of esters is 1. The van der Waals surface area contributed by atoms with E-state index >= 15 is 0 Å². The molecular weight excluding hydrogens is 274 g/mol. The SMILES string of the molecule is CC(=N)OC(=O)[C@@H](N)CCCCNSc1ccccc1. The molecule has 0 saturated heterocycles.